The number of aromatic nitrogens is 2. The van der Waals surface area contributed by atoms with Crippen molar-refractivity contribution in [3.05, 3.63) is 76.8 Å². The number of carbonyl (C=O) groups is 1. The van der Waals surface area contributed by atoms with Crippen molar-refractivity contribution in [2.45, 2.75) is 19.9 Å². The lowest BCUT2D eigenvalue weighted by Gasteiger charge is -2.13. The minimum atomic E-state index is -0.163. The minimum Gasteiger partial charge on any atom is -0.497 e. The molecule has 0 aliphatic rings. The molecule has 0 fully saturated rings. The zero-order valence-corrected chi connectivity index (χ0v) is 20.1. The molecule has 3 aromatic carbocycles. The van der Waals surface area contributed by atoms with Gasteiger partial charge in [-0.15, -0.1) is 0 Å². The molecule has 1 amide bonds. The molecule has 1 heterocycles. The second-order valence-corrected chi connectivity index (χ2v) is 8.00. The summed E-state index contributed by atoms with van der Waals surface area (Å²) in [5, 5.41) is 3.26. The summed E-state index contributed by atoms with van der Waals surface area (Å²) in [7, 11) is 4.80. The van der Waals surface area contributed by atoms with Crippen LogP contribution in [0.1, 0.15) is 12.5 Å². The van der Waals surface area contributed by atoms with Gasteiger partial charge in [0, 0.05) is 30.8 Å². The van der Waals surface area contributed by atoms with Crippen LogP contribution >= 0.6 is 0 Å². The fourth-order valence-electron chi connectivity index (χ4n) is 4.01. The molecule has 1 aromatic heterocycles. The number of hydrogen-bond acceptors (Lipinski definition) is 6. The van der Waals surface area contributed by atoms with Crippen LogP contribution in [-0.4, -0.2) is 36.8 Å². The number of hydrogen-bond donors (Lipinski definition) is 1. The topological polar surface area (TPSA) is 91.7 Å². The highest BCUT2D eigenvalue weighted by Crippen LogP contribution is 2.33. The molecular weight excluding hydrogens is 446 g/mol. The predicted octanol–water partition coefficient (Wildman–Crippen LogP) is 4.29. The largest absolute Gasteiger partial charge is 0.497 e. The molecule has 0 spiro atoms. The van der Waals surface area contributed by atoms with Crippen molar-refractivity contribution in [1.29, 1.82) is 0 Å². The van der Waals surface area contributed by atoms with Gasteiger partial charge >= 0.3 is 0 Å². The van der Waals surface area contributed by atoms with Gasteiger partial charge in [0.2, 0.25) is 5.91 Å². The van der Waals surface area contributed by atoms with Gasteiger partial charge in [0.1, 0.15) is 17.2 Å². The Morgan fingerprint density at radius 3 is 2.46 bits per heavy atom. The van der Waals surface area contributed by atoms with Crippen LogP contribution < -0.4 is 25.1 Å². The smallest absolute Gasteiger partial charge is 0.261 e. The summed E-state index contributed by atoms with van der Waals surface area (Å²) in [6.07, 6.45) is 2.14. The Hall–Kier alpha value is -4.33. The van der Waals surface area contributed by atoms with Crippen LogP contribution in [0.25, 0.3) is 22.0 Å². The Bertz CT molecular complexity index is 1440. The first-order valence-electron chi connectivity index (χ1n) is 11.1. The van der Waals surface area contributed by atoms with Gasteiger partial charge in [-0.05, 0) is 60.0 Å². The number of carbonyl (C=O) groups excluding carboxylic acids is 1. The third-order valence-electron chi connectivity index (χ3n) is 5.77. The first-order valence-corrected chi connectivity index (χ1v) is 11.1. The summed E-state index contributed by atoms with van der Waals surface area (Å²) in [6, 6.07) is 16.6. The molecule has 0 unspecified atom stereocenters. The van der Waals surface area contributed by atoms with Gasteiger partial charge in [0.15, 0.2) is 0 Å². The lowest BCUT2D eigenvalue weighted by molar-refractivity contribution is -0.114. The number of fused-ring (bicyclic) bond motifs is 1. The number of ether oxygens (including phenoxy) is 3. The molecule has 8 nitrogen and oxygen atoms in total. The van der Waals surface area contributed by atoms with E-state index in [2.05, 4.69) is 10.3 Å². The molecule has 35 heavy (non-hydrogen) atoms. The average molecular weight is 474 g/mol. The second-order valence-electron chi connectivity index (χ2n) is 8.00. The lowest BCUT2D eigenvalue weighted by atomic mass is 10.0. The molecule has 0 saturated heterocycles. The Morgan fingerprint density at radius 2 is 1.74 bits per heavy atom. The molecule has 0 bridgehead atoms. The summed E-state index contributed by atoms with van der Waals surface area (Å²) in [4.78, 5) is 29.2. The summed E-state index contributed by atoms with van der Waals surface area (Å²) in [6.45, 7) is 1.89. The van der Waals surface area contributed by atoms with Crippen LogP contribution in [0.4, 0.5) is 5.69 Å². The van der Waals surface area contributed by atoms with E-state index in [1.54, 1.807) is 44.4 Å². The van der Waals surface area contributed by atoms with Gasteiger partial charge in [0.05, 0.1) is 38.6 Å². The highest BCUT2D eigenvalue weighted by atomic mass is 16.5. The number of nitrogens with one attached hydrogen (secondary N) is 1. The molecule has 0 saturated carbocycles. The van der Waals surface area contributed by atoms with Gasteiger partial charge in [0.25, 0.3) is 5.56 Å². The number of benzene rings is 3. The number of amides is 1. The second kappa shape index (κ2) is 10.3. The first kappa shape index (κ1) is 23.8. The number of aryl methyl sites for hydroxylation is 2. The van der Waals surface area contributed by atoms with Crippen LogP contribution in [0.2, 0.25) is 0 Å². The maximum Gasteiger partial charge on any atom is 0.261 e. The minimum absolute atomic E-state index is 0.132. The van der Waals surface area contributed by atoms with Gasteiger partial charge in [-0.3, -0.25) is 14.2 Å². The fourth-order valence-corrected chi connectivity index (χ4v) is 4.01. The van der Waals surface area contributed by atoms with Crippen LogP contribution in [0, 0.1) is 0 Å². The summed E-state index contributed by atoms with van der Waals surface area (Å²) < 4.78 is 17.9. The molecule has 180 valence electrons. The first-order chi connectivity index (χ1) is 16.9. The maximum atomic E-state index is 13.3. The van der Waals surface area contributed by atoms with Crippen molar-refractivity contribution in [3.63, 3.8) is 0 Å². The summed E-state index contributed by atoms with van der Waals surface area (Å²) in [5.74, 6) is 1.89. The van der Waals surface area contributed by atoms with Crippen molar-refractivity contribution in [2.24, 2.45) is 0 Å². The zero-order valence-electron chi connectivity index (χ0n) is 20.1. The van der Waals surface area contributed by atoms with E-state index in [1.807, 2.05) is 42.5 Å². The molecule has 4 rings (SSSR count). The lowest BCUT2D eigenvalue weighted by Crippen LogP contribution is -2.21. The van der Waals surface area contributed by atoms with Crippen LogP contribution in [0.5, 0.6) is 17.2 Å². The number of rotatable bonds is 8. The Kier molecular flexibility index (Phi) is 7.01. The average Bonchev–Trinajstić information content (AvgIpc) is 2.87. The van der Waals surface area contributed by atoms with E-state index in [9.17, 15) is 9.59 Å². The number of anilines is 1. The molecule has 0 radical (unpaired) electrons. The van der Waals surface area contributed by atoms with E-state index in [0.717, 1.165) is 28.2 Å². The Morgan fingerprint density at radius 1 is 0.943 bits per heavy atom. The molecular formula is C27H27N3O5. The van der Waals surface area contributed by atoms with Gasteiger partial charge in [-0.2, -0.15) is 0 Å². The molecule has 0 aliphatic heterocycles. The quantitative estimate of drug-likeness (QED) is 0.411. The van der Waals surface area contributed by atoms with Crippen molar-refractivity contribution in [3.8, 4) is 28.4 Å². The van der Waals surface area contributed by atoms with Crippen LogP contribution in [0.3, 0.4) is 0 Å². The molecule has 8 heteroatoms. The van der Waals surface area contributed by atoms with Gasteiger partial charge in [-0.25, -0.2) is 4.98 Å². The van der Waals surface area contributed by atoms with E-state index in [4.69, 9.17) is 14.2 Å². The third-order valence-corrected chi connectivity index (χ3v) is 5.77. The summed E-state index contributed by atoms with van der Waals surface area (Å²) in [5.41, 5.74) is 3.68. The van der Waals surface area contributed by atoms with E-state index in [1.165, 1.54) is 6.92 Å². The molecule has 4 aromatic rings. The predicted molar refractivity (Wildman–Crippen MR) is 136 cm³/mol. The third kappa shape index (κ3) is 5.11. The van der Waals surface area contributed by atoms with Crippen molar-refractivity contribution in [1.82, 2.24) is 9.55 Å². The number of methoxy groups -OCH3 is 3. The normalized spacial score (nSPS) is 10.7. The van der Waals surface area contributed by atoms with Crippen molar-refractivity contribution in [2.75, 3.05) is 26.6 Å². The van der Waals surface area contributed by atoms with Crippen molar-refractivity contribution >= 4 is 22.5 Å². The highest BCUT2D eigenvalue weighted by molar-refractivity contribution is 5.90. The van der Waals surface area contributed by atoms with E-state index < -0.39 is 0 Å². The van der Waals surface area contributed by atoms with Gasteiger partial charge < -0.3 is 19.5 Å². The SMILES string of the molecule is COc1ccc(OC)c(CCn2cnc3ccc(-c4ccc(NC(C)=O)cc4OC)cc3c2=O)c1. The monoisotopic (exact) mass is 473 g/mol. The van der Waals surface area contributed by atoms with Crippen LogP contribution in [-0.2, 0) is 17.8 Å². The zero-order chi connectivity index (χ0) is 24.9. The Balaban J connectivity index is 1.67. The molecule has 0 aliphatic carbocycles. The summed E-state index contributed by atoms with van der Waals surface area (Å²) >= 11 is 0. The van der Waals surface area contributed by atoms with Crippen LogP contribution in [0.15, 0.2) is 65.7 Å². The molecule has 0 atom stereocenters. The fraction of sp³-hybridized carbons (Fsp3) is 0.222. The maximum absolute atomic E-state index is 13.3. The van der Waals surface area contributed by atoms with Gasteiger partial charge in [-0.1, -0.05) is 6.07 Å². The molecule has 1 N–H and O–H groups in total. The van der Waals surface area contributed by atoms with E-state index in [0.29, 0.717) is 35.3 Å². The highest BCUT2D eigenvalue weighted by Gasteiger charge is 2.12. The Labute approximate surface area is 203 Å². The van der Waals surface area contributed by atoms with Crippen molar-refractivity contribution < 1.29 is 19.0 Å². The van der Waals surface area contributed by atoms with E-state index in [-0.39, 0.29) is 11.5 Å². The van der Waals surface area contributed by atoms with E-state index >= 15 is 0 Å². The standard InChI is InChI=1S/C27H27N3O5/c1-17(31)29-20-6-8-22(26(15-20)35-4)18-5-9-24-23(14-18)27(32)30(16-28-24)12-11-19-13-21(33-2)7-10-25(19)34-3/h5-10,13-16H,11-12H2,1-4H3,(H,29,31). The number of nitrogens with zero attached hydrogens (tertiary/aromatic N) is 2.